The van der Waals surface area contributed by atoms with Crippen LogP contribution >= 0.6 is 11.6 Å². The Labute approximate surface area is 153 Å². The molecule has 1 heterocycles. The highest BCUT2D eigenvalue weighted by Crippen LogP contribution is 2.09. The quantitative estimate of drug-likeness (QED) is 0.691. The van der Waals surface area contributed by atoms with Crippen molar-refractivity contribution in [2.45, 2.75) is 0 Å². The SMILES string of the molecule is O=C(NNC(=O)c1ccc(=O)n(-c2ccccc2)n1)c1ccc(Cl)cc1. The van der Waals surface area contributed by atoms with Gasteiger partial charge in [0.2, 0.25) is 0 Å². The maximum absolute atomic E-state index is 12.2. The predicted octanol–water partition coefficient (Wildman–Crippen LogP) is 1.96. The molecule has 130 valence electrons. The van der Waals surface area contributed by atoms with Gasteiger partial charge in [-0.2, -0.15) is 9.78 Å². The van der Waals surface area contributed by atoms with E-state index in [0.29, 0.717) is 16.3 Å². The lowest BCUT2D eigenvalue weighted by atomic mass is 10.2. The molecule has 3 aromatic rings. The Morgan fingerprint density at radius 3 is 2.19 bits per heavy atom. The van der Waals surface area contributed by atoms with Crippen LogP contribution < -0.4 is 16.4 Å². The van der Waals surface area contributed by atoms with Crippen LogP contribution in [0.3, 0.4) is 0 Å². The van der Waals surface area contributed by atoms with Crippen molar-refractivity contribution in [3.05, 3.63) is 93.4 Å². The molecule has 2 aromatic carbocycles. The minimum absolute atomic E-state index is 0.0233. The Balaban J connectivity index is 1.73. The van der Waals surface area contributed by atoms with Gasteiger partial charge < -0.3 is 0 Å². The van der Waals surface area contributed by atoms with Gasteiger partial charge in [-0.3, -0.25) is 25.2 Å². The molecule has 1 aromatic heterocycles. The molecule has 2 N–H and O–H groups in total. The number of hydrogen-bond acceptors (Lipinski definition) is 4. The molecular weight excluding hydrogens is 356 g/mol. The summed E-state index contributed by atoms with van der Waals surface area (Å²) in [4.78, 5) is 36.2. The molecule has 0 bridgehead atoms. The molecule has 3 rings (SSSR count). The molecule has 0 atom stereocenters. The summed E-state index contributed by atoms with van der Waals surface area (Å²) < 4.78 is 1.11. The first-order chi connectivity index (χ1) is 12.5. The fraction of sp³-hybridized carbons (Fsp3) is 0. The molecule has 2 amide bonds. The number of para-hydroxylation sites is 1. The minimum atomic E-state index is -0.656. The molecule has 0 aliphatic rings. The second-order valence-corrected chi connectivity index (χ2v) is 5.66. The smallest absolute Gasteiger partial charge is 0.267 e. The zero-order valence-corrected chi connectivity index (χ0v) is 14.1. The van der Waals surface area contributed by atoms with E-state index in [9.17, 15) is 14.4 Å². The van der Waals surface area contributed by atoms with Gasteiger partial charge in [-0.1, -0.05) is 29.8 Å². The van der Waals surface area contributed by atoms with Crippen molar-refractivity contribution in [1.82, 2.24) is 20.6 Å². The maximum Gasteiger partial charge on any atom is 0.290 e. The number of nitrogens with one attached hydrogen (secondary N) is 2. The van der Waals surface area contributed by atoms with Gasteiger partial charge in [0.15, 0.2) is 5.69 Å². The van der Waals surface area contributed by atoms with Crippen LogP contribution in [0.15, 0.2) is 71.5 Å². The Bertz CT molecular complexity index is 1000. The van der Waals surface area contributed by atoms with Gasteiger partial charge in [0.1, 0.15) is 0 Å². The number of rotatable bonds is 3. The van der Waals surface area contributed by atoms with Crippen LogP contribution in [-0.2, 0) is 0 Å². The summed E-state index contributed by atoms with van der Waals surface area (Å²) >= 11 is 5.76. The molecule has 0 radical (unpaired) electrons. The van der Waals surface area contributed by atoms with Gasteiger partial charge in [0.25, 0.3) is 17.4 Å². The Hall–Kier alpha value is -3.45. The number of benzene rings is 2. The second-order valence-electron chi connectivity index (χ2n) is 5.22. The Morgan fingerprint density at radius 2 is 1.50 bits per heavy atom. The van der Waals surface area contributed by atoms with E-state index in [1.165, 1.54) is 24.3 Å². The normalized spacial score (nSPS) is 10.2. The van der Waals surface area contributed by atoms with E-state index < -0.39 is 11.8 Å². The third-order valence-corrected chi connectivity index (χ3v) is 3.68. The van der Waals surface area contributed by atoms with E-state index in [1.54, 1.807) is 42.5 Å². The highest BCUT2D eigenvalue weighted by molar-refractivity contribution is 6.30. The van der Waals surface area contributed by atoms with Crippen LogP contribution in [0.2, 0.25) is 5.02 Å². The Morgan fingerprint density at radius 1 is 0.846 bits per heavy atom. The first-order valence-electron chi connectivity index (χ1n) is 7.56. The van der Waals surface area contributed by atoms with E-state index >= 15 is 0 Å². The highest BCUT2D eigenvalue weighted by Gasteiger charge is 2.12. The predicted molar refractivity (Wildman–Crippen MR) is 96.2 cm³/mol. The van der Waals surface area contributed by atoms with Crippen molar-refractivity contribution in [3.8, 4) is 5.69 Å². The minimum Gasteiger partial charge on any atom is -0.267 e. The number of hydrogen-bond donors (Lipinski definition) is 2. The van der Waals surface area contributed by atoms with E-state index in [4.69, 9.17) is 11.6 Å². The van der Waals surface area contributed by atoms with Crippen LogP contribution in [0.25, 0.3) is 5.69 Å². The van der Waals surface area contributed by atoms with Crippen LogP contribution in [0.1, 0.15) is 20.8 Å². The van der Waals surface area contributed by atoms with Crippen molar-refractivity contribution in [2.75, 3.05) is 0 Å². The summed E-state index contributed by atoms with van der Waals surface area (Å²) in [7, 11) is 0. The van der Waals surface area contributed by atoms with E-state index in [-0.39, 0.29) is 11.3 Å². The molecule has 0 fully saturated rings. The molecule has 8 heteroatoms. The van der Waals surface area contributed by atoms with Crippen molar-refractivity contribution in [1.29, 1.82) is 0 Å². The van der Waals surface area contributed by atoms with E-state index in [2.05, 4.69) is 16.0 Å². The van der Waals surface area contributed by atoms with E-state index in [0.717, 1.165) is 4.68 Å². The summed E-state index contributed by atoms with van der Waals surface area (Å²) in [6.45, 7) is 0. The summed E-state index contributed by atoms with van der Waals surface area (Å²) in [6, 6.07) is 17.4. The molecule has 0 saturated carbocycles. The average molecular weight is 369 g/mol. The zero-order valence-electron chi connectivity index (χ0n) is 13.3. The molecule has 0 saturated heterocycles. The summed E-state index contributed by atoms with van der Waals surface area (Å²) in [5.74, 6) is -1.16. The van der Waals surface area contributed by atoms with Gasteiger partial charge in [-0.25, -0.2) is 0 Å². The lowest BCUT2D eigenvalue weighted by molar-refractivity contribution is 0.0843. The number of halogens is 1. The molecule has 0 aliphatic heterocycles. The lowest BCUT2D eigenvalue weighted by Crippen LogP contribution is -2.42. The number of carbonyl (C=O) groups excluding carboxylic acids is 2. The Kier molecular flexibility index (Phi) is 5.09. The number of hydrazine groups is 1. The van der Waals surface area contributed by atoms with Crippen molar-refractivity contribution >= 4 is 23.4 Å². The van der Waals surface area contributed by atoms with Gasteiger partial charge in [0.05, 0.1) is 5.69 Å². The van der Waals surface area contributed by atoms with Crippen LogP contribution in [0.5, 0.6) is 0 Å². The monoisotopic (exact) mass is 368 g/mol. The molecule has 26 heavy (non-hydrogen) atoms. The van der Waals surface area contributed by atoms with Crippen molar-refractivity contribution < 1.29 is 9.59 Å². The van der Waals surface area contributed by atoms with Gasteiger partial charge in [0, 0.05) is 16.7 Å². The van der Waals surface area contributed by atoms with Crippen molar-refractivity contribution in [2.24, 2.45) is 0 Å². The van der Waals surface area contributed by atoms with Crippen LogP contribution in [0, 0.1) is 0 Å². The summed E-state index contributed by atoms with van der Waals surface area (Å²) in [6.07, 6.45) is 0. The van der Waals surface area contributed by atoms with E-state index in [1.807, 2.05) is 0 Å². The van der Waals surface area contributed by atoms with Gasteiger partial charge >= 0.3 is 0 Å². The summed E-state index contributed by atoms with van der Waals surface area (Å²) in [5.41, 5.74) is 5.00. The average Bonchev–Trinajstić information content (AvgIpc) is 2.67. The van der Waals surface area contributed by atoms with Crippen LogP contribution in [-0.4, -0.2) is 21.6 Å². The molecule has 0 aliphatic carbocycles. The third-order valence-electron chi connectivity index (χ3n) is 3.43. The number of aromatic nitrogens is 2. The first-order valence-corrected chi connectivity index (χ1v) is 7.94. The van der Waals surface area contributed by atoms with Gasteiger partial charge in [-0.05, 0) is 42.5 Å². The summed E-state index contributed by atoms with van der Waals surface area (Å²) in [5, 5.41) is 4.53. The van der Waals surface area contributed by atoms with Crippen LogP contribution in [0.4, 0.5) is 0 Å². The molecule has 7 nitrogen and oxygen atoms in total. The van der Waals surface area contributed by atoms with Gasteiger partial charge in [-0.15, -0.1) is 0 Å². The standard InChI is InChI=1S/C18H13ClN4O3/c19-13-8-6-12(7-9-13)17(25)20-21-18(26)15-10-11-16(24)23(22-15)14-4-2-1-3-5-14/h1-11H,(H,20,25)(H,21,26). The molecule has 0 spiro atoms. The fourth-order valence-corrected chi connectivity index (χ4v) is 2.26. The largest absolute Gasteiger partial charge is 0.290 e. The molecular formula is C18H13ClN4O3. The first kappa shape index (κ1) is 17.4. The topological polar surface area (TPSA) is 93.1 Å². The maximum atomic E-state index is 12.2. The number of nitrogens with zero attached hydrogens (tertiary/aromatic N) is 2. The third kappa shape index (κ3) is 3.96. The lowest BCUT2D eigenvalue weighted by Gasteiger charge is -2.09. The zero-order chi connectivity index (χ0) is 18.5. The number of carbonyl (C=O) groups is 2. The number of amides is 2. The second kappa shape index (κ2) is 7.62. The van der Waals surface area contributed by atoms with Crippen molar-refractivity contribution in [3.63, 3.8) is 0 Å². The molecule has 0 unspecified atom stereocenters. The fourth-order valence-electron chi connectivity index (χ4n) is 2.14. The highest BCUT2D eigenvalue weighted by atomic mass is 35.5.